The third kappa shape index (κ3) is 7.88. The highest BCUT2D eigenvalue weighted by molar-refractivity contribution is 6.01. The van der Waals surface area contributed by atoms with Crippen LogP contribution >= 0.6 is 0 Å². The lowest BCUT2D eigenvalue weighted by molar-refractivity contribution is -0.160. The average Bonchev–Trinajstić information content (AvgIpc) is 2.67. The number of carbonyl (C=O) groups excluding carboxylic acids is 3. The number of amides is 1. The predicted octanol–water partition coefficient (Wildman–Crippen LogP) is 3.31. The summed E-state index contributed by atoms with van der Waals surface area (Å²) in [6.45, 7) is 8.24. The molecule has 1 amide bonds. The van der Waals surface area contributed by atoms with E-state index in [4.69, 9.17) is 14.2 Å². The molecule has 0 saturated carbocycles. The van der Waals surface area contributed by atoms with Crippen molar-refractivity contribution in [3.8, 4) is 0 Å². The largest absolute Gasteiger partial charge is 0.460 e. The van der Waals surface area contributed by atoms with Gasteiger partial charge >= 0.3 is 5.97 Å². The summed E-state index contributed by atoms with van der Waals surface area (Å²) in [6, 6.07) is 0. The van der Waals surface area contributed by atoms with E-state index in [0.29, 0.717) is 30.7 Å². The Balaban J connectivity index is 2.14. The van der Waals surface area contributed by atoms with Gasteiger partial charge in [-0.05, 0) is 45.6 Å². The topological polar surface area (TPSA) is 82.1 Å². The van der Waals surface area contributed by atoms with Gasteiger partial charge in [0.05, 0.1) is 12.5 Å². The fourth-order valence-corrected chi connectivity index (χ4v) is 3.11. The number of ether oxygens (including phenoxy) is 3. The number of hydrogen-bond donors (Lipinski definition) is 0. The van der Waals surface area contributed by atoms with E-state index in [1.54, 1.807) is 33.8 Å². The predicted molar refractivity (Wildman–Crippen MR) is 112 cm³/mol. The van der Waals surface area contributed by atoms with Gasteiger partial charge in [0.2, 0.25) is 6.41 Å². The van der Waals surface area contributed by atoms with E-state index in [2.05, 4.69) is 0 Å². The van der Waals surface area contributed by atoms with Gasteiger partial charge in [-0.1, -0.05) is 25.2 Å². The maximum atomic E-state index is 13.1. The summed E-state index contributed by atoms with van der Waals surface area (Å²) in [6.07, 6.45) is 10.2. The van der Waals surface area contributed by atoms with Gasteiger partial charge in [-0.25, -0.2) is 0 Å². The number of ketones is 1. The van der Waals surface area contributed by atoms with Crippen molar-refractivity contribution in [3.63, 3.8) is 0 Å². The van der Waals surface area contributed by atoms with Crippen LogP contribution in [0.4, 0.5) is 0 Å². The van der Waals surface area contributed by atoms with Gasteiger partial charge in [0.25, 0.3) is 0 Å². The van der Waals surface area contributed by atoms with Crippen LogP contribution in [0.2, 0.25) is 0 Å². The molecular weight excluding hydrogens is 386 g/mol. The van der Waals surface area contributed by atoms with Crippen molar-refractivity contribution in [2.45, 2.75) is 65.3 Å². The molecule has 0 aromatic heterocycles. The molecule has 1 saturated heterocycles. The number of nitrogens with zero attached hydrogens (tertiary/aromatic N) is 1. The highest BCUT2D eigenvalue weighted by atomic mass is 16.7. The van der Waals surface area contributed by atoms with E-state index in [1.165, 1.54) is 11.1 Å². The minimum Gasteiger partial charge on any atom is -0.460 e. The molecule has 0 aromatic carbocycles. The smallest absolute Gasteiger partial charge is 0.309 e. The summed E-state index contributed by atoms with van der Waals surface area (Å²) in [5.41, 5.74) is 0.386. The van der Waals surface area contributed by atoms with Crippen LogP contribution in [0.1, 0.15) is 53.4 Å². The molecule has 2 heterocycles. The Morgan fingerprint density at radius 3 is 2.73 bits per heavy atom. The van der Waals surface area contributed by atoms with Gasteiger partial charge in [-0.3, -0.25) is 14.4 Å². The molecule has 30 heavy (non-hydrogen) atoms. The molecular formula is C23H33NO6. The Bertz CT molecular complexity index is 710. The lowest BCUT2D eigenvalue weighted by Crippen LogP contribution is -2.29. The van der Waals surface area contributed by atoms with E-state index in [-0.39, 0.29) is 25.1 Å². The van der Waals surface area contributed by atoms with Gasteiger partial charge in [-0.15, -0.1) is 0 Å². The molecule has 0 aliphatic carbocycles. The zero-order valence-electron chi connectivity index (χ0n) is 18.4. The van der Waals surface area contributed by atoms with Crippen molar-refractivity contribution in [1.82, 2.24) is 4.90 Å². The van der Waals surface area contributed by atoms with Crippen molar-refractivity contribution in [1.29, 1.82) is 0 Å². The standard InChI is InChI=1S/C23H33NO6/c1-17(22(27)30-23(2,3)4)13-20(26)19-14-24(16-25)11-7-5-9-18(19)15-29-21-10-6-8-12-28-21/h5,7,9,14,16-17,21H,6,8,10-13,15H2,1-4H3/b7-5+,18-9-,19-14+. The quantitative estimate of drug-likeness (QED) is 0.443. The second kappa shape index (κ2) is 11.2. The van der Waals surface area contributed by atoms with Crippen molar-refractivity contribution in [3.05, 3.63) is 35.6 Å². The molecule has 2 rings (SSSR count). The molecule has 0 N–H and O–H groups in total. The number of esters is 1. The SMILES string of the molecule is CC(CC(=O)C1=C/N(C=O)C/C=C/C=C\1COC1CCCCO1)C(=O)OC(C)(C)C. The van der Waals surface area contributed by atoms with E-state index in [0.717, 1.165) is 19.3 Å². The van der Waals surface area contributed by atoms with E-state index in [1.807, 2.05) is 12.2 Å². The van der Waals surface area contributed by atoms with Crippen molar-refractivity contribution in [2.75, 3.05) is 19.8 Å². The van der Waals surface area contributed by atoms with Crippen LogP contribution in [-0.2, 0) is 28.6 Å². The minimum atomic E-state index is -0.619. The van der Waals surface area contributed by atoms with Crippen LogP contribution in [-0.4, -0.2) is 54.7 Å². The van der Waals surface area contributed by atoms with E-state index in [9.17, 15) is 14.4 Å². The number of allylic oxidation sites excluding steroid dienone is 2. The molecule has 2 unspecified atom stereocenters. The first-order valence-corrected chi connectivity index (χ1v) is 10.5. The fraction of sp³-hybridized carbons (Fsp3) is 0.609. The normalized spacial score (nSPS) is 25.6. The number of hydrogen-bond acceptors (Lipinski definition) is 6. The molecule has 2 atom stereocenters. The van der Waals surface area contributed by atoms with Gasteiger partial charge in [0, 0.05) is 31.3 Å². The van der Waals surface area contributed by atoms with Crippen LogP contribution in [0.15, 0.2) is 35.6 Å². The Morgan fingerprint density at radius 2 is 2.10 bits per heavy atom. The summed E-state index contributed by atoms with van der Waals surface area (Å²) in [4.78, 5) is 38.2. The Labute approximate surface area is 178 Å². The third-order valence-corrected chi connectivity index (χ3v) is 4.69. The number of carbonyl (C=O) groups is 3. The molecule has 166 valence electrons. The first kappa shape index (κ1) is 24.0. The first-order chi connectivity index (χ1) is 14.2. The summed E-state index contributed by atoms with van der Waals surface area (Å²) >= 11 is 0. The van der Waals surface area contributed by atoms with Crippen LogP contribution < -0.4 is 0 Å². The summed E-state index contributed by atoms with van der Waals surface area (Å²) in [5, 5.41) is 0. The average molecular weight is 420 g/mol. The molecule has 1 fully saturated rings. The number of Topliss-reactive ketones (excluding diaryl/α,β-unsaturated/α-hetero) is 1. The van der Waals surface area contributed by atoms with Crippen molar-refractivity contribution in [2.24, 2.45) is 5.92 Å². The fourth-order valence-electron chi connectivity index (χ4n) is 3.11. The Kier molecular flexibility index (Phi) is 8.99. The zero-order valence-corrected chi connectivity index (χ0v) is 18.4. The molecule has 7 nitrogen and oxygen atoms in total. The second-order valence-corrected chi connectivity index (χ2v) is 8.63. The third-order valence-electron chi connectivity index (χ3n) is 4.69. The molecule has 2 aliphatic rings. The molecule has 0 spiro atoms. The van der Waals surface area contributed by atoms with Gasteiger partial charge < -0.3 is 19.1 Å². The van der Waals surface area contributed by atoms with Crippen LogP contribution in [0.25, 0.3) is 0 Å². The molecule has 7 heteroatoms. The second-order valence-electron chi connectivity index (χ2n) is 8.63. The van der Waals surface area contributed by atoms with Crippen LogP contribution in [0.5, 0.6) is 0 Å². The van der Waals surface area contributed by atoms with Gasteiger partial charge in [-0.2, -0.15) is 0 Å². The summed E-state index contributed by atoms with van der Waals surface area (Å²) < 4.78 is 16.9. The molecule has 0 bridgehead atoms. The van der Waals surface area contributed by atoms with Crippen molar-refractivity contribution >= 4 is 18.2 Å². The minimum absolute atomic E-state index is 0.0194. The zero-order chi connectivity index (χ0) is 22.1. The Morgan fingerprint density at radius 1 is 1.33 bits per heavy atom. The van der Waals surface area contributed by atoms with E-state index >= 15 is 0 Å². The maximum absolute atomic E-state index is 13.1. The number of rotatable bonds is 8. The highest BCUT2D eigenvalue weighted by Gasteiger charge is 2.27. The Hall–Kier alpha value is -2.25. The van der Waals surface area contributed by atoms with Crippen LogP contribution in [0.3, 0.4) is 0 Å². The lowest BCUT2D eigenvalue weighted by atomic mass is 9.94. The summed E-state index contributed by atoms with van der Waals surface area (Å²) in [7, 11) is 0. The maximum Gasteiger partial charge on any atom is 0.309 e. The first-order valence-electron chi connectivity index (χ1n) is 10.5. The monoisotopic (exact) mass is 419 g/mol. The molecule has 0 radical (unpaired) electrons. The lowest BCUT2D eigenvalue weighted by Gasteiger charge is -2.25. The van der Waals surface area contributed by atoms with Crippen LogP contribution in [0, 0.1) is 5.92 Å². The molecule has 0 aromatic rings. The van der Waals surface area contributed by atoms with Gasteiger partial charge in [0.1, 0.15) is 5.60 Å². The molecule has 2 aliphatic heterocycles. The van der Waals surface area contributed by atoms with E-state index < -0.39 is 17.5 Å². The highest BCUT2D eigenvalue weighted by Crippen LogP contribution is 2.23. The summed E-state index contributed by atoms with van der Waals surface area (Å²) in [5.74, 6) is -1.27. The van der Waals surface area contributed by atoms with Crippen molar-refractivity contribution < 1.29 is 28.6 Å². The van der Waals surface area contributed by atoms with Gasteiger partial charge in [0.15, 0.2) is 12.1 Å².